The number of alkyl halides is 2. The second kappa shape index (κ2) is 6.35. The predicted molar refractivity (Wildman–Crippen MR) is 89.0 cm³/mol. The molecule has 0 bridgehead atoms. The Hall–Kier alpha value is -1.49. The highest BCUT2D eigenvalue weighted by molar-refractivity contribution is 5.50. The van der Waals surface area contributed by atoms with E-state index in [-0.39, 0.29) is 30.3 Å². The smallest absolute Gasteiger partial charge is 0.267 e. The van der Waals surface area contributed by atoms with E-state index in [1.807, 2.05) is 12.1 Å². The van der Waals surface area contributed by atoms with Crippen molar-refractivity contribution in [3.63, 3.8) is 0 Å². The second-order valence-corrected chi connectivity index (χ2v) is 7.63. The van der Waals surface area contributed by atoms with Crippen molar-refractivity contribution in [1.82, 2.24) is 0 Å². The van der Waals surface area contributed by atoms with Crippen LogP contribution in [0.1, 0.15) is 36.8 Å². The maximum Gasteiger partial charge on any atom is 0.267 e. The van der Waals surface area contributed by atoms with E-state index in [1.165, 1.54) is 11.1 Å². The molecule has 25 heavy (non-hydrogen) atoms. The van der Waals surface area contributed by atoms with Crippen molar-refractivity contribution in [2.24, 2.45) is 17.8 Å². The number of rotatable bonds is 4. The van der Waals surface area contributed by atoms with Crippen LogP contribution >= 0.6 is 0 Å². The second-order valence-electron chi connectivity index (χ2n) is 7.63. The lowest BCUT2D eigenvalue weighted by Gasteiger charge is -2.34. The van der Waals surface area contributed by atoms with Crippen LogP contribution in [-0.4, -0.2) is 31.5 Å². The average molecular weight is 350 g/mol. The monoisotopic (exact) mass is 350 g/mol. The number of aryl methyl sites for hydroxylation is 1. The molecule has 2 aliphatic carbocycles. The molecule has 5 atom stereocenters. The number of carbonyl (C=O) groups is 1. The number of fused-ring (bicyclic) bond motifs is 4. The van der Waals surface area contributed by atoms with Crippen LogP contribution in [0.5, 0.6) is 5.75 Å². The van der Waals surface area contributed by atoms with Crippen molar-refractivity contribution >= 4 is 6.29 Å². The largest absolute Gasteiger partial charge is 0.497 e. The van der Waals surface area contributed by atoms with Crippen LogP contribution in [0, 0.1) is 17.8 Å². The summed E-state index contributed by atoms with van der Waals surface area (Å²) in [5, 5.41) is 0. The lowest BCUT2D eigenvalue weighted by molar-refractivity contribution is -0.166. The van der Waals surface area contributed by atoms with Crippen molar-refractivity contribution in [1.29, 1.82) is 0 Å². The number of aldehydes is 1. The van der Waals surface area contributed by atoms with E-state index in [0.717, 1.165) is 31.3 Å². The molecule has 0 aromatic heterocycles. The fourth-order valence-electron chi connectivity index (χ4n) is 5.57. The van der Waals surface area contributed by atoms with Gasteiger partial charge in [-0.05, 0) is 67.2 Å². The number of ether oxygens (including phenoxy) is 2. The van der Waals surface area contributed by atoms with Crippen molar-refractivity contribution in [3.05, 3.63) is 29.3 Å². The van der Waals surface area contributed by atoms with Gasteiger partial charge in [-0.15, -0.1) is 0 Å². The highest BCUT2D eigenvalue weighted by atomic mass is 19.3. The first kappa shape index (κ1) is 17.0. The van der Waals surface area contributed by atoms with Crippen LogP contribution in [0.4, 0.5) is 8.78 Å². The summed E-state index contributed by atoms with van der Waals surface area (Å²) in [4.78, 5) is 11.0. The lowest BCUT2D eigenvalue weighted by Crippen LogP contribution is -2.46. The molecule has 1 aromatic rings. The first-order valence-electron chi connectivity index (χ1n) is 9.15. The number of carbonyl (C=O) groups excluding carboxylic acids is 1. The number of hydrogen-bond acceptors (Lipinski definition) is 3. The summed E-state index contributed by atoms with van der Waals surface area (Å²) < 4.78 is 39.7. The van der Waals surface area contributed by atoms with E-state index in [4.69, 9.17) is 9.47 Å². The molecule has 0 radical (unpaired) electrons. The maximum absolute atomic E-state index is 14.1. The van der Waals surface area contributed by atoms with Crippen molar-refractivity contribution in [2.75, 3.05) is 7.11 Å². The van der Waals surface area contributed by atoms with E-state index in [2.05, 4.69) is 6.07 Å². The third kappa shape index (κ3) is 2.50. The summed E-state index contributed by atoms with van der Waals surface area (Å²) in [6.45, 7) is 0. The topological polar surface area (TPSA) is 35.5 Å². The number of halogens is 2. The molecular weight excluding hydrogens is 326 g/mol. The molecule has 0 amide bonds. The molecule has 2 fully saturated rings. The molecule has 4 rings (SSSR count). The number of hydrogen-bond donors (Lipinski definition) is 0. The fourth-order valence-corrected chi connectivity index (χ4v) is 5.57. The summed E-state index contributed by atoms with van der Waals surface area (Å²) in [6.07, 6.45) is 2.03. The Kier molecular flexibility index (Phi) is 4.30. The van der Waals surface area contributed by atoms with E-state index < -0.39 is 12.0 Å². The number of methoxy groups -OCH3 is 1. The minimum atomic E-state index is -2.53. The molecular formula is C20H24F2O3. The van der Waals surface area contributed by atoms with Crippen LogP contribution in [0.3, 0.4) is 0 Å². The van der Waals surface area contributed by atoms with Gasteiger partial charge in [0.25, 0.3) is 6.43 Å². The Morgan fingerprint density at radius 3 is 2.88 bits per heavy atom. The van der Waals surface area contributed by atoms with E-state index in [1.54, 1.807) is 7.11 Å². The summed E-state index contributed by atoms with van der Waals surface area (Å²) in [7, 11) is 1.65. The molecule has 3 nitrogen and oxygen atoms in total. The van der Waals surface area contributed by atoms with Gasteiger partial charge in [-0.3, -0.25) is 0 Å². The van der Waals surface area contributed by atoms with Gasteiger partial charge < -0.3 is 14.3 Å². The van der Waals surface area contributed by atoms with Gasteiger partial charge in [0, 0.05) is 12.3 Å². The van der Waals surface area contributed by atoms with Gasteiger partial charge in [0.2, 0.25) is 0 Å². The Morgan fingerprint density at radius 2 is 2.16 bits per heavy atom. The molecule has 3 aliphatic rings. The van der Waals surface area contributed by atoms with Gasteiger partial charge in [0.1, 0.15) is 17.6 Å². The molecule has 136 valence electrons. The Balaban J connectivity index is 1.65. The minimum Gasteiger partial charge on any atom is -0.497 e. The zero-order valence-corrected chi connectivity index (χ0v) is 14.4. The Labute approximate surface area is 146 Å². The summed E-state index contributed by atoms with van der Waals surface area (Å²) in [5.74, 6) is 0.487. The van der Waals surface area contributed by atoms with Crippen molar-refractivity contribution in [2.45, 2.75) is 56.7 Å². The highest BCUT2D eigenvalue weighted by Crippen LogP contribution is 2.59. The van der Waals surface area contributed by atoms with Crippen LogP contribution in [0.2, 0.25) is 0 Å². The van der Waals surface area contributed by atoms with Gasteiger partial charge in [-0.2, -0.15) is 0 Å². The molecule has 1 aliphatic heterocycles. The standard InChI is InChI=1S/C20H24F2O3/c1-24-15-5-2-13-11-18-16(6-3-12(13)10-15)17-7-4-14(8-9-23)20(17,25-18)19(21)22/h2,5,9-10,14,16-19H,3-4,6-8,11H2,1H3/t14-,16-,17-,18+,20-/m0/s1. The molecule has 1 saturated heterocycles. The van der Waals surface area contributed by atoms with E-state index in [9.17, 15) is 13.6 Å². The molecule has 0 N–H and O–H groups in total. The zero-order valence-electron chi connectivity index (χ0n) is 14.4. The highest BCUT2D eigenvalue weighted by Gasteiger charge is 2.65. The SMILES string of the molecule is COc1ccc2c(c1)CC[C@@H]1[C@@H](C2)O[C@@]2(C(F)F)[C@H](CC=O)CC[C@@H]12. The lowest BCUT2D eigenvalue weighted by atomic mass is 9.76. The average Bonchev–Trinajstić information content (AvgIpc) is 3.04. The molecule has 1 saturated carbocycles. The summed E-state index contributed by atoms with van der Waals surface area (Å²) >= 11 is 0. The van der Waals surface area contributed by atoms with Gasteiger partial charge in [-0.1, -0.05) is 6.07 Å². The summed E-state index contributed by atoms with van der Waals surface area (Å²) in [6, 6.07) is 6.01. The molecule has 0 unspecified atom stereocenters. The normalized spacial score (nSPS) is 36.5. The van der Waals surface area contributed by atoms with Crippen molar-refractivity contribution in [3.8, 4) is 5.75 Å². The van der Waals surface area contributed by atoms with Crippen LogP contribution < -0.4 is 4.74 Å². The first-order chi connectivity index (χ1) is 12.1. The summed E-state index contributed by atoms with van der Waals surface area (Å²) in [5.41, 5.74) is 0.993. The Bertz CT molecular complexity index is 662. The quantitative estimate of drug-likeness (QED) is 0.775. The molecule has 1 heterocycles. The Morgan fingerprint density at radius 1 is 1.32 bits per heavy atom. The van der Waals surface area contributed by atoms with Crippen LogP contribution in [0.15, 0.2) is 18.2 Å². The fraction of sp³-hybridized carbons (Fsp3) is 0.650. The predicted octanol–water partition coefficient (Wildman–Crippen LogP) is 3.82. The zero-order chi connectivity index (χ0) is 17.6. The first-order valence-corrected chi connectivity index (χ1v) is 9.15. The molecule has 1 aromatic carbocycles. The van der Waals surface area contributed by atoms with E-state index >= 15 is 0 Å². The number of benzene rings is 1. The van der Waals surface area contributed by atoms with Gasteiger partial charge in [0.05, 0.1) is 13.2 Å². The van der Waals surface area contributed by atoms with Gasteiger partial charge in [0.15, 0.2) is 0 Å². The maximum atomic E-state index is 14.1. The molecule has 0 spiro atoms. The van der Waals surface area contributed by atoms with Crippen LogP contribution in [-0.2, 0) is 22.4 Å². The van der Waals surface area contributed by atoms with E-state index in [0.29, 0.717) is 12.8 Å². The third-order valence-corrected chi connectivity index (χ3v) is 6.70. The van der Waals surface area contributed by atoms with Gasteiger partial charge >= 0.3 is 0 Å². The van der Waals surface area contributed by atoms with Crippen molar-refractivity contribution < 1.29 is 23.0 Å². The van der Waals surface area contributed by atoms with Crippen LogP contribution in [0.25, 0.3) is 0 Å². The third-order valence-electron chi connectivity index (χ3n) is 6.70. The minimum absolute atomic E-state index is 0.140. The van der Waals surface area contributed by atoms with Gasteiger partial charge in [-0.25, -0.2) is 8.78 Å². The molecule has 5 heteroatoms.